The monoisotopic (exact) mass is 616 g/mol. The highest BCUT2D eigenvalue weighted by Gasteiger charge is 2.16. The van der Waals surface area contributed by atoms with E-state index in [1.165, 1.54) is 22.3 Å². The van der Waals surface area contributed by atoms with Crippen molar-refractivity contribution in [2.24, 2.45) is 9.98 Å². The van der Waals surface area contributed by atoms with Gasteiger partial charge >= 0.3 is 0 Å². The summed E-state index contributed by atoms with van der Waals surface area (Å²) in [6, 6.07) is 37.4. The Morgan fingerprint density at radius 2 is 1.30 bits per heavy atom. The van der Waals surface area contributed by atoms with Crippen LogP contribution >= 0.6 is 0 Å². The van der Waals surface area contributed by atoms with Crippen LogP contribution in [-0.4, -0.2) is 12.4 Å². The Labute approximate surface area is 283 Å². The Morgan fingerprint density at radius 3 is 1.81 bits per heavy atom. The molecule has 4 aromatic rings. The second-order valence-electron chi connectivity index (χ2n) is 11.5. The summed E-state index contributed by atoms with van der Waals surface area (Å²) in [5.41, 5.74) is 14.3. The molecule has 47 heavy (non-hydrogen) atoms. The summed E-state index contributed by atoms with van der Waals surface area (Å²) in [5.74, 6) is 0. The van der Waals surface area contributed by atoms with Gasteiger partial charge in [0.2, 0.25) is 0 Å². The highest BCUT2D eigenvalue weighted by Crippen LogP contribution is 2.27. The van der Waals surface area contributed by atoms with Crippen LogP contribution in [0.4, 0.5) is 0 Å². The van der Waals surface area contributed by atoms with Gasteiger partial charge in [0, 0.05) is 11.1 Å². The molecule has 2 nitrogen and oxygen atoms in total. The van der Waals surface area contributed by atoms with Crippen LogP contribution in [-0.2, 0) is 6.54 Å². The Kier molecular flexibility index (Phi) is 14.3. The molecule has 0 N–H and O–H groups in total. The third-order valence-corrected chi connectivity index (χ3v) is 7.78. The summed E-state index contributed by atoms with van der Waals surface area (Å²) in [7, 11) is 0. The van der Waals surface area contributed by atoms with Crippen LogP contribution in [0, 0.1) is 6.92 Å². The molecule has 0 saturated carbocycles. The van der Waals surface area contributed by atoms with E-state index in [2.05, 4.69) is 132 Å². The molecule has 0 heterocycles. The van der Waals surface area contributed by atoms with E-state index in [9.17, 15) is 0 Å². The molecule has 0 aliphatic heterocycles. The molecule has 0 aliphatic carbocycles. The Morgan fingerprint density at radius 1 is 0.723 bits per heavy atom. The van der Waals surface area contributed by atoms with Crippen molar-refractivity contribution in [3.63, 3.8) is 0 Å². The molecule has 4 rings (SSSR count). The van der Waals surface area contributed by atoms with Gasteiger partial charge in [-0.1, -0.05) is 165 Å². The molecule has 0 fully saturated rings. The van der Waals surface area contributed by atoms with Crippen LogP contribution in [0.1, 0.15) is 67.5 Å². The summed E-state index contributed by atoms with van der Waals surface area (Å²) >= 11 is 0. The number of allylic oxidation sites excluding steroid dienone is 6. The average molecular weight is 617 g/mol. The molecular weight excluding hydrogens is 569 g/mol. The second-order valence-corrected chi connectivity index (χ2v) is 11.5. The molecule has 4 aromatic carbocycles. The van der Waals surface area contributed by atoms with E-state index in [1.807, 2.05) is 55.5 Å². The van der Waals surface area contributed by atoms with Gasteiger partial charge in [-0.15, -0.1) is 0 Å². The fraction of sp³-hybridized carbons (Fsp3) is 0.156. The van der Waals surface area contributed by atoms with Gasteiger partial charge in [-0.2, -0.15) is 0 Å². The Balaban J connectivity index is 0.000000331. The normalized spacial score (nSPS) is 11.6. The zero-order valence-electron chi connectivity index (χ0n) is 28.8. The predicted molar refractivity (Wildman–Crippen MR) is 208 cm³/mol. The summed E-state index contributed by atoms with van der Waals surface area (Å²) in [4.78, 5) is 9.54. The van der Waals surface area contributed by atoms with Crippen molar-refractivity contribution in [2.45, 2.75) is 47.6 Å². The van der Waals surface area contributed by atoms with E-state index in [0.29, 0.717) is 6.54 Å². The van der Waals surface area contributed by atoms with Crippen LogP contribution in [0.25, 0.3) is 11.1 Å². The van der Waals surface area contributed by atoms with Gasteiger partial charge in [-0.05, 0) is 79.8 Å². The quantitative estimate of drug-likeness (QED) is 0.112. The first-order valence-corrected chi connectivity index (χ1v) is 16.0. The van der Waals surface area contributed by atoms with Crippen LogP contribution in [0.3, 0.4) is 0 Å². The molecule has 0 spiro atoms. The second kappa shape index (κ2) is 18.6. The minimum Gasteiger partial charge on any atom is -0.280 e. The third kappa shape index (κ3) is 10.3. The minimum atomic E-state index is 0.585. The maximum Gasteiger partial charge on any atom is 0.0747 e. The van der Waals surface area contributed by atoms with E-state index in [0.717, 1.165) is 56.8 Å². The van der Waals surface area contributed by atoms with Gasteiger partial charge in [0.25, 0.3) is 0 Å². The fourth-order valence-electron chi connectivity index (χ4n) is 5.17. The van der Waals surface area contributed by atoms with Crippen LogP contribution in [0.15, 0.2) is 180 Å². The molecule has 0 aliphatic rings. The molecule has 2 heteroatoms. The smallest absolute Gasteiger partial charge is 0.0747 e. The molecule has 0 unspecified atom stereocenters. The lowest BCUT2D eigenvalue weighted by molar-refractivity contribution is 1.04. The lowest BCUT2D eigenvalue weighted by atomic mass is 9.93. The van der Waals surface area contributed by atoms with E-state index in [1.54, 1.807) is 6.08 Å². The lowest BCUT2D eigenvalue weighted by Gasteiger charge is -2.16. The molecular formula is C45H48N2. The number of hydrogen-bond donors (Lipinski definition) is 0. The Bertz CT molecular complexity index is 1790. The maximum atomic E-state index is 5.08. The summed E-state index contributed by atoms with van der Waals surface area (Å²) in [6.07, 6.45) is 6.54. The number of hydrogen-bond acceptors (Lipinski definition) is 2. The van der Waals surface area contributed by atoms with Crippen molar-refractivity contribution in [1.29, 1.82) is 0 Å². The highest BCUT2D eigenvalue weighted by molar-refractivity contribution is 6.13. The fourth-order valence-corrected chi connectivity index (χ4v) is 5.17. The molecule has 0 aromatic heterocycles. The van der Waals surface area contributed by atoms with Crippen molar-refractivity contribution in [3.8, 4) is 0 Å². The van der Waals surface area contributed by atoms with Crippen molar-refractivity contribution in [3.05, 3.63) is 203 Å². The van der Waals surface area contributed by atoms with Gasteiger partial charge in [-0.25, -0.2) is 0 Å². The first kappa shape index (κ1) is 36.1. The standard InChI is InChI=1S/C30H34N2.C15H14/c1-8-10-16-28(23(5)6)30(31-7)27(9-2)29(26-14-12-11-13-15-26)32-21-24-17-19-25(20-18-24)22(3)4;1-12-8-6-7-11-15(12)13(2)14-9-4-3-5-10-14/h8,10-20H,1,3,7,9,21H2,2,4-6H3;3-11H,2H2,1H3/b16-10-,30-27-,32-29?;. The average Bonchev–Trinajstić information content (AvgIpc) is 3.10. The molecule has 0 amide bonds. The number of nitrogens with zero attached hydrogens (tertiary/aromatic N) is 2. The minimum absolute atomic E-state index is 0.585. The van der Waals surface area contributed by atoms with Crippen LogP contribution in [0.2, 0.25) is 0 Å². The largest absolute Gasteiger partial charge is 0.280 e. The van der Waals surface area contributed by atoms with Gasteiger partial charge in [0.05, 0.1) is 18.0 Å². The number of aliphatic imine (C=N–C) groups is 2. The highest BCUT2D eigenvalue weighted by atomic mass is 14.8. The van der Waals surface area contributed by atoms with Gasteiger partial charge in [-0.3, -0.25) is 9.98 Å². The molecule has 238 valence electrons. The topological polar surface area (TPSA) is 24.7 Å². The summed E-state index contributed by atoms with van der Waals surface area (Å²) in [5, 5.41) is 0. The number of rotatable bonds is 12. The van der Waals surface area contributed by atoms with E-state index in [4.69, 9.17) is 4.99 Å². The molecule has 0 radical (unpaired) electrons. The van der Waals surface area contributed by atoms with Crippen LogP contribution < -0.4 is 0 Å². The summed E-state index contributed by atoms with van der Waals surface area (Å²) < 4.78 is 0. The SMILES string of the molecule is C=C(c1ccccc1)c1ccccc1C.C=C/C=C\C(=C(C)C)/C(N=C)=C(\CC)C(=NCc1ccc(C(=C)C)cc1)c1ccccc1. The molecule has 0 saturated heterocycles. The first-order chi connectivity index (χ1) is 22.7. The van der Waals surface area contributed by atoms with Gasteiger partial charge in [0.15, 0.2) is 0 Å². The summed E-state index contributed by atoms with van der Waals surface area (Å²) in [6.45, 7) is 26.9. The number of benzene rings is 4. The third-order valence-electron chi connectivity index (χ3n) is 7.78. The van der Waals surface area contributed by atoms with E-state index >= 15 is 0 Å². The zero-order valence-corrected chi connectivity index (χ0v) is 28.8. The van der Waals surface area contributed by atoms with Crippen molar-refractivity contribution >= 4 is 23.6 Å². The van der Waals surface area contributed by atoms with Gasteiger partial charge in [0.1, 0.15) is 0 Å². The van der Waals surface area contributed by atoms with Gasteiger partial charge < -0.3 is 0 Å². The van der Waals surface area contributed by atoms with Crippen LogP contribution in [0.5, 0.6) is 0 Å². The number of aryl methyl sites for hydroxylation is 1. The van der Waals surface area contributed by atoms with Crippen molar-refractivity contribution < 1.29 is 0 Å². The maximum absolute atomic E-state index is 5.08. The first-order valence-electron chi connectivity index (χ1n) is 16.0. The van der Waals surface area contributed by atoms with E-state index in [-0.39, 0.29) is 0 Å². The zero-order chi connectivity index (χ0) is 34.2. The molecule has 0 atom stereocenters. The predicted octanol–water partition coefficient (Wildman–Crippen LogP) is 12.2. The van der Waals surface area contributed by atoms with E-state index < -0.39 is 0 Å². The molecule has 0 bridgehead atoms. The Hall–Kier alpha value is -5.34. The van der Waals surface area contributed by atoms with Crippen molar-refractivity contribution in [2.75, 3.05) is 0 Å². The van der Waals surface area contributed by atoms with Crippen molar-refractivity contribution in [1.82, 2.24) is 0 Å². The lowest BCUT2D eigenvalue weighted by Crippen LogP contribution is -2.09.